The Morgan fingerprint density at radius 3 is 2.95 bits per heavy atom. The van der Waals surface area contributed by atoms with Crippen molar-refractivity contribution in [3.05, 3.63) is 23.8 Å². The van der Waals surface area contributed by atoms with Gasteiger partial charge in [0.25, 0.3) is 11.7 Å². The Bertz CT molecular complexity index is 616. The van der Waals surface area contributed by atoms with Gasteiger partial charge >= 0.3 is 0 Å². The Hall–Kier alpha value is -2.02. The average Bonchev–Trinajstić information content (AvgIpc) is 3.07. The van der Waals surface area contributed by atoms with Crippen molar-refractivity contribution < 1.29 is 4.79 Å². The van der Waals surface area contributed by atoms with Crippen molar-refractivity contribution in [2.24, 2.45) is 0 Å². The summed E-state index contributed by atoms with van der Waals surface area (Å²) < 4.78 is 1.61. The molecule has 0 unspecified atom stereocenters. The maximum atomic E-state index is 12.1. The summed E-state index contributed by atoms with van der Waals surface area (Å²) in [6.45, 7) is 5.66. The van der Waals surface area contributed by atoms with Gasteiger partial charge in [-0.25, -0.2) is 4.98 Å². The van der Waals surface area contributed by atoms with Gasteiger partial charge in [0.2, 0.25) is 5.82 Å². The van der Waals surface area contributed by atoms with Crippen LogP contribution in [0.25, 0.3) is 5.78 Å². The fourth-order valence-corrected chi connectivity index (χ4v) is 2.44. The molecule has 2 aromatic rings. The molecule has 3 rings (SSSR count). The van der Waals surface area contributed by atoms with E-state index < -0.39 is 0 Å². The summed E-state index contributed by atoms with van der Waals surface area (Å²) in [4.78, 5) is 18.7. The molecule has 1 amide bonds. The molecule has 2 aromatic heterocycles. The highest BCUT2D eigenvalue weighted by atomic mass is 16.2. The van der Waals surface area contributed by atoms with E-state index >= 15 is 0 Å². The van der Waals surface area contributed by atoms with E-state index in [-0.39, 0.29) is 11.7 Å². The van der Waals surface area contributed by atoms with Crippen LogP contribution in [-0.2, 0) is 0 Å². The van der Waals surface area contributed by atoms with Crippen LogP contribution in [0.4, 0.5) is 0 Å². The summed E-state index contributed by atoms with van der Waals surface area (Å²) in [5, 5.41) is 10.7. The van der Waals surface area contributed by atoms with Gasteiger partial charge in [-0.05, 0) is 38.9 Å². The van der Waals surface area contributed by atoms with E-state index in [1.165, 1.54) is 12.8 Å². The van der Waals surface area contributed by atoms with E-state index in [1.807, 2.05) is 13.0 Å². The molecule has 0 spiro atoms. The molecular weight excluding hydrogens is 256 g/mol. The predicted octanol–water partition coefficient (Wildman–Crippen LogP) is 0.258. The number of nitrogens with zero attached hydrogens (tertiary/aromatic N) is 5. The van der Waals surface area contributed by atoms with Crippen molar-refractivity contribution in [3.63, 3.8) is 0 Å². The van der Waals surface area contributed by atoms with E-state index in [0.29, 0.717) is 12.3 Å². The Morgan fingerprint density at radius 1 is 1.35 bits per heavy atom. The minimum absolute atomic E-state index is 0.206. The molecule has 3 heterocycles. The minimum atomic E-state index is -0.206. The van der Waals surface area contributed by atoms with E-state index in [2.05, 4.69) is 25.4 Å². The van der Waals surface area contributed by atoms with Crippen LogP contribution in [0.1, 0.15) is 29.2 Å². The molecule has 0 radical (unpaired) electrons. The van der Waals surface area contributed by atoms with Crippen LogP contribution in [0.3, 0.4) is 0 Å². The second-order valence-electron chi connectivity index (χ2n) is 5.07. The fourth-order valence-electron chi connectivity index (χ4n) is 2.44. The maximum Gasteiger partial charge on any atom is 0.289 e. The number of carbonyl (C=O) groups excluding carboxylic acids is 1. The van der Waals surface area contributed by atoms with Crippen LogP contribution in [0.15, 0.2) is 12.3 Å². The van der Waals surface area contributed by atoms with E-state index in [1.54, 1.807) is 10.6 Å². The molecule has 0 aliphatic carbocycles. The summed E-state index contributed by atoms with van der Waals surface area (Å²) in [6, 6.07) is 1.83. The molecule has 7 nitrogen and oxygen atoms in total. The number of aryl methyl sites for hydroxylation is 1. The number of rotatable bonds is 4. The molecule has 0 atom stereocenters. The van der Waals surface area contributed by atoms with Crippen LogP contribution in [-0.4, -0.2) is 56.6 Å². The lowest BCUT2D eigenvalue weighted by Crippen LogP contribution is -2.34. The first kappa shape index (κ1) is 13.0. The molecule has 1 saturated heterocycles. The molecule has 1 N–H and O–H groups in total. The summed E-state index contributed by atoms with van der Waals surface area (Å²) in [5.74, 6) is 0.533. The van der Waals surface area contributed by atoms with Crippen LogP contribution >= 0.6 is 0 Å². The quantitative estimate of drug-likeness (QED) is 0.865. The Morgan fingerprint density at radius 2 is 2.15 bits per heavy atom. The van der Waals surface area contributed by atoms with Crippen molar-refractivity contribution >= 4 is 11.7 Å². The summed E-state index contributed by atoms with van der Waals surface area (Å²) >= 11 is 0. The standard InChI is InChI=1S/C13H18N6O/c1-10-4-8-19-11(16-17-13(19)15-10)12(20)14-5-9-18-6-2-3-7-18/h4,8H,2-3,5-7,9H2,1H3,(H,14,20). The first-order valence-electron chi connectivity index (χ1n) is 6.93. The van der Waals surface area contributed by atoms with Crippen LogP contribution in [0, 0.1) is 6.92 Å². The van der Waals surface area contributed by atoms with Crippen LogP contribution < -0.4 is 5.32 Å². The monoisotopic (exact) mass is 274 g/mol. The number of aromatic nitrogens is 4. The molecule has 0 saturated carbocycles. The van der Waals surface area contributed by atoms with Gasteiger partial charge in [-0.2, -0.15) is 0 Å². The summed E-state index contributed by atoms with van der Waals surface area (Å²) in [7, 11) is 0. The SMILES string of the molecule is Cc1ccn2c(C(=O)NCCN3CCCC3)nnc2n1. The lowest BCUT2D eigenvalue weighted by molar-refractivity contribution is 0.0938. The van der Waals surface area contributed by atoms with Gasteiger partial charge in [0.05, 0.1) is 0 Å². The average molecular weight is 274 g/mol. The highest BCUT2D eigenvalue weighted by molar-refractivity contribution is 5.91. The number of hydrogen-bond donors (Lipinski definition) is 1. The van der Waals surface area contributed by atoms with Gasteiger partial charge in [0, 0.05) is 25.0 Å². The van der Waals surface area contributed by atoms with Crippen molar-refractivity contribution in [1.82, 2.24) is 29.8 Å². The lowest BCUT2D eigenvalue weighted by atomic mass is 10.4. The van der Waals surface area contributed by atoms with E-state index in [0.717, 1.165) is 25.3 Å². The number of likely N-dealkylation sites (tertiary alicyclic amines) is 1. The van der Waals surface area contributed by atoms with Gasteiger partial charge in [0.15, 0.2) is 0 Å². The zero-order valence-electron chi connectivity index (χ0n) is 11.5. The van der Waals surface area contributed by atoms with Gasteiger partial charge < -0.3 is 10.2 Å². The number of hydrogen-bond acceptors (Lipinski definition) is 5. The van der Waals surface area contributed by atoms with Crippen molar-refractivity contribution in [2.45, 2.75) is 19.8 Å². The first-order valence-corrected chi connectivity index (χ1v) is 6.93. The van der Waals surface area contributed by atoms with Crippen LogP contribution in [0.2, 0.25) is 0 Å². The number of amides is 1. The Balaban J connectivity index is 1.63. The number of fused-ring (bicyclic) bond motifs is 1. The smallest absolute Gasteiger partial charge is 0.289 e. The molecule has 106 valence electrons. The normalized spacial score (nSPS) is 15.8. The van der Waals surface area contributed by atoms with Gasteiger partial charge in [-0.15, -0.1) is 10.2 Å². The van der Waals surface area contributed by atoms with E-state index in [9.17, 15) is 4.79 Å². The van der Waals surface area contributed by atoms with Gasteiger partial charge in [0.1, 0.15) is 0 Å². The fraction of sp³-hybridized carbons (Fsp3) is 0.538. The maximum absolute atomic E-state index is 12.1. The zero-order chi connectivity index (χ0) is 13.9. The topological polar surface area (TPSA) is 75.4 Å². The molecule has 0 bridgehead atoms. The highest BCUT2D eigenvalue weighted by Crippen LogP contribution is 2.06. The molecule has 1 fully saturated rings. The lowest BCUT2D eigenvalue weighted by Gasteiger charge is -2.14. The third-order valence-electron chi connectivity index (χ3n) is 3.53. The highest BCUT2D eigenvalue weighted by Gasteiger charge is 2.16. The Labute approximate surface area is 117 Å². The molecule has 7 heteroatoms. The number of carbonyl (C=O) groups is 1. The third-order valence-corrected chi connectivity index (χ3v) is 3.53. The molecule has 0 aromatic carbocycles. The van der Waals surface area contributed by atoms with Crippen LogP contribution in [0.5, 0.6) is 0 Å². The summed E-state index contributed by atoms with van der Waals surface area (Å²) in [6.07, 6.45) is 4.29. The third kappa shape index (κ3) is 2.62. The van der Waals surface area contributed by atoms with Gasteiger partial charge in [-0.3, -0.25) is 9.20 Å². The molecule has 1 aliphatic heterocycles. The second kappa shape index (κ2) is 5.54. The van der Waals surface area contributed by atoms with Gasteiger partial charge in [-0.1, -0.05) is 0 Å². The second-order valence-corrected chi connectivity index (χ2v) is 5.07. The van der Waals surface area contributed by atoms with Crippen molar-refractivity contribution in [2.75, 3.05) is 26.2 Å². The van der Waals surface area contributed by atoms with Crippen molar-refractivity contribution in [1.29, 1.82) is 0 Å². The Kier molecular flexibility index (Phi) is 3.60. The molecular formula is C13H18N6O. The largest absolute Gasteiger partial charge is 0.348 e. The number of nitrogens with one attached hydrogen (secondary N) is 1. The first-order chi connectivity index (χ1) is 9.74. The minimum Gasteiger partial charge on any atom is -0.348 e. The van der Waals surface area contributed by atoms with E-state index in [4.69, 9.17) is 0 Å². The molecule has 20 heavy (non-hydrogen) atoms. The predicted molar refractivity (Wildman–Crippen MR) is 73.5 cm³/mol. The zero-order valence-corrected chi connectivity index (χ0v) is 11.5. The molecule has 1 aliphatic rings. The van der Waals surface area contributed by atoms with Crippen molar-refractivity contribution in [3.8, 4) is 0 Å². The summed E-state index contributed by atoms with van der Waals surface area (Å²) in [5.41, 5.74) is 0.853.